The predicted molar refractivity (Wildman–Crippen MR) is 132 cm³/mol. The minimum absolute atomic E-state index is 0.0258. The Morgan fingerprint density at radius 2 is 1.79 bits per heavy atom. The quantitative estimate of drug-likeness (QED) is 0.557. The van der Waals surface area contributed by atoms with Crippen LogP contribution in [-0.2, 0) is 4.79 Å². The van der Waals surface area contributed by atoms with Gasteiger partial charge in [-0.1, -0.05) is 46.8 Å². The monoisotopic (exact) mass is 455 g/mol. The molecule has 2 N–H and O–H groups in total. The smallest absolute Gasteiger partial charge is 0.335 e. The minimum atomic E-state index is -0.938. The molecule has 33 heavy (non-hydrogen) atoms. The summed E-state index contributed by atoms with van der Waals surface area (Å²) in [6.45, 7) is 13.9. The molecule has 0 bridgehead atoms. The Balaban J connectivity index is 2.00. The van der Waals surface area contributed by atoms with Crippen molar-refractivity contribution < 1.29 is 14.7 Å². The van der Waals surface area contributed by atoms with Gasteiger partial charge in [0.05, 0.1) is 11.6 Å². The third-order valence-electron chi connectivity index (χ3n) is 7.42. The molecule has 1 aromatic rings. The lowest BCUT2D eigenvalue weighted by Crippen LogP contribution is -2.52. The number of nitrogens with one attached hydrogen (secondary N) is 1. The molecule has 2 aliphatic rings. The molecule has 6 nitrogen and oxygen atoms in total. The summed E-state index contributed by atoms with van der Waals surface area (Å²) >= 11 is 0. The second-order valence-corrected chi connectivity index (χ2v) is 11.2. The highest BCUT2D eigenvalue weighted by molar-refractivity contribution is 6.39. The van der Waals surface area contributed by atoms with Gasteiger partial charge in [0.1, 0.15) is 5.66 Å². The third kappa shape index (κ3) is 5.42. The minimum Gasteiger partial charge on any atom is -0.478 e. The molecule has 1 amide bonds. The summed E-state index contributed by atoms with van der Waals surface area (Å²) in [6, 6.07) is 6.92. The molecule has 1 atom stereocenters. The first kappa shape index (κ1) is 25.3. The van der Waals surface area contributed by atoms with Crippen molar-refractivity contribution in [3.63, 3.8) is 0 Å². The normalized spacial score (nSPS) is 24.3. The van der Waals surface area contributed by atoms with E-state index < -0.39 is 11.6 Å². The fourth-order valence-electron chi connectivity index (χ4n) is 5.41. The topological polar surface area (TPSA) is 82.0 Å². The first-order chi connectivity index (χ1) is 15.5. The van der Waals surface area contributed by atoms with Crippen LogP contribution in [0.25, 0.3) is 0 Å². The molecule has 3 rings (SSSR count). The van der Waals surface area contributed by atoms with E-state index in [1.165, 1.54) is 0 Å². The van der Waals surface area contributed by atoms with Crippen LogP contribution in [0.2, 0.25) is 0 Å². The molecule has 1 aliphatic carbocycles. The second-order valence-electron chi connectivity index (χ2n) is 11.2. The van der Waals surface area contributed by atoms with E-state index in [1.807, 2.05) is 24.0 Å². The molecule has 182 valence electrons. The van der Waals surface area contributed by atoms with Crippen molar-refractivity contribution in [3.05, 3.63) is 35.4 Å². The lowest BCUT2D eigenvalue weighted by Gasteiger charge is -2.47. The van der Waals surface area contributed by atoms with Gasteiger partial charge in [-0.3, -0.25) is 4.79 Å². The van der Waals surface area contributed by atoms with E-state index in [2.05, 4.69) is 39.9 Å². The van der Waals surface area contributed by atoms with Crippen molar-refractivity contribution in [2.45, 2.75) is 91.8 Å². The van der Waals surface area contributed by atoms with E-state index in [-0.39, 0.29) is 22.9 Å². The Morgan fingerprint density at radius 3 is 2.27 bits per heavy atom. The Bertz CT molecular complexity index is 875. The summed E-state index contributed by atoms with van der Waals surface area (Å²) in [5.41, 5.74) is 0.967. The Kier molecular flexibility index (Phi) is 7.55. The molecule has 0 saturated heterocycles. The van der Waals surface area contributed by atoms with Crippen molar-refractivity contribution >= 4 is 17.7 Å². The van der Waals surface area contributed by atoms with Crippen LogP contribution in [0.5, 0.6) is 0 Å². The fraction of sp³-hybridized carbons (Fsp3) is 0.667. The maximum Gasteiger partial charge on any atom is 0.335 e. The maximum absolute atomic E-state index is 13.7. The second kappa shape index (κ2) is 9.86. The van der Waals surface area contributed by atoms with Crippen molar-refractivity contribution in [1.82, 2.24) is 10.2 Å². The van der Waals surface area contributed by atoms with Gasteiger partial charge in [0, 0.05) is 6.54 Å². The van der Waals surface area contributed by atoms with E-state index in [9.17, 15) is 14.7 Å². The van der Waals surface area contributed by atoms with E-state index in [4.69, 9.17) is 4.99 Å². The Morgan fingerprint density at radius 1 is 1.18 bits per heavy atom. The Hall–Kier alpha value is -2.37. The van der Waals surface area contributed by atoms with E-state index in [0.717, 1.165) is 44.1 Å². The summed E-state index contributed by atoms with van der Waals surface area (Å²) in [4.78, 5) is 32.2. The lowest BCUT2D eigenvalue weighted by molar-refractivity contribution is -0.134. The third-order valence-corrected chi connectivity index (χ3v) is 7.42. The summed E-state index contributed by atoms with van der Waals surface area (Å²) in [6.07, 6.45) is 5.62. The number of hydrogen-bond acceptors (Lipinski definition) is 4. The largest absolute Gasteiger partial charge is 0.478 e. The molecule has 1 saturated carbocycles. The van der Waals surface area contributed by atoms with Gasteiger partial charge in [-0.25, -0.2) is 9.79 Å². The van der Waals surface area contributed by atoms with Crippen LogP contribution in [0.4, 0.5) is 0 Å². The molecule has 0 aromatic heterocycles. The van der Waals surface area contributed by atoms with Crippen molar-refractivity contribution in [2.75, 3.05) is 6.54 Å². The van der Waals surface area contributed by atoms with E-state index in [1.54, 1.807) is 12.1 Å². The SMILES string of the molecule is CCNC1=NC2(CCC(C(C)(C)C)CC2)N([C@H](CCC(C)C)c2ccc(C(=O)O)cc2)C1=O. The molecule has 6 heteroatoms. The zero-order valence-corrected chi connectivity index (χ0v) is 21.1. The van der Waals surface area contributed by atoms with Gasteiger partial charge in [-0.2, -0.15) is 0 Å². The first-order valence-corrected chi connectivity index (χ1v) is 12.5. The van der Waals surface area contributed by atoms with Crippen LogP contribution < -0.4 is 5.32 Å². The van der Waals surface area contributed by atoms with Gasteiger partial charge in [0.15, 0.2) is 5.84 Å². The average molecular weight is 456 g/mol. The zero-order valence-electron chi connectivity index (χ0n) is 21.1. The summed E-state index contributed by atoms with van der Waals surface area (Å²) in [5, 5.41) is 12.5. The number of carbonyl (C=O) groups is 2. The van der Waals surface area contributed by atoms with Gasteiger partial charge in [-0.05, 0) is 80.4 Å². The van der Waals surface area contributed by atoms with Crippen molar-refractivity contribution in [1.29, 1.82) is 0 Å². The number of aliphatic imine (C=N–C) groups is 1. The van der Waals surface area contributed by atoms with Crippen molar-refractivity contribution in [2.24, 2.45) is 22.2 Å². The zero-order chi connectivity index (χ0) is 24.4. The van der Waals surface area contributed by atoms with Gasteiger partial charge < -0.3 is 15.3 Å². The maximum atomic E-state index is 13.7. The molecule has 1 fully saturated rings. The number of carboxylic acids is 1. The number of amides is 1. The van der Waals surface area contributed by atoms with Gasteiger partial charge in [0.25, 0.3) is 5.91 Å². The van der Waals surface area contributed by atoms with Crippen LogP contribution in [0.15, 0.2) is 29.3 Å². The standard InChI is InChI=1S/C27H41N3O3/c1-7-28-23-24(31)30(27(29-23)16-14-21(15-17-27)26(4,5)6)22(13-8-18(2)3)19-9-11-20(12-10-19)25(32)33/h9-12,18,21-22H,7-8,13-17H2,1-6H3,(H,28,29)(H,32,33)/t21?,22-,27?/m1/s1. The molecule has 1 spiro atoms. The first-order valence-electron chi connectivity index (χ1n) is 12.5. The molecule has 0 unspecified atom stereocenters. The number of likely N-dealkylation sites (N-methyl/N-ethyl adjacent to an activating group) is 1. The number of amidine groups is 1. The highest BCUT2D eigenvalue weighted by Gasteiger charge is 2.52. The molecule has 1 heterocycles. The molecule has 1 aliphatic heterocycles. The molecular weight excluding hydrogens is 414 g/mol. The van der Waals surface area contributed by atoms with Crippen LogP contribution >= 0.6 is 0 Å². The number of aromatic carboxylic acids is 1. The highest BCUT2D eigenvalue weighted by Crippen LogP contribution is 2.49. The predicted octanol–water partition coefficient (Wildman–Crippen LogP) is 5.64. The average Bonchev–Trinajstić information content (AvgIpc) is 3.00. The summed E-state index contributed by atoms with van der Waals surface area (Å²) < 4.78 is 0. The van der Waals surface area contributed by atoms with E-state index in [0.29, 0.717) is 24.2 Å². The Labute approximate surface area is 198 Å². The number of hydrogen-bond donors (Lipinski definition) is 2. The fourth-order valence-corrected chi connectivity index (χ4v) is 5.41. The van der Waals surface area contributed by atoms with Gasteiger partial charge >= 0.3 is 5.97 Å². The lowest BCUT2D eigenvalue weighted by atomic mass is 9.69. The summed E-state index contributed by atoms with van der Waals surface area (Å²) in [7, 11) is 0. The number of carboxylic acid groups (broad SMARTS) is 1. The van der Waals surface area contributed by atoms with Crippen LogP contribution in [0.3, 0.4) is 0 Å². The van der Waals surface area contributed by atoms with Crippen molar-refractivity contribution in [3.8, 4) is 0 Å². The van der Waals surface area contributed by atoms with Crippen LogP contribution in [0, 0.1) is 17.3 Å². The van der Waals surface area contributed by atoms with Gasteiger partial charge in [0.2, 0.25) is 0 Å². The van der Waals surface area contributed by atoms with E-state index >= 15 is 0 Å². The molecule has 0 radical (unpaired) electrons. The van der Waals surface area contributed by atoms with Crippen LogP contribution in [0.1, 0.15) is 102 Å². The number of carbonyl (C=O) groups excluding carboxylic acids is 1. The van der Waals surface area contributed by atoms with Crippen LogP contribution in [-0.4, -0.2) is 39.9 Å². The molecule has 1 aromatic carbocycles. The number of nitrogens with zero attached hydrogens (tertiary/aromatic N) is 2. The number of rotatable bonds is 7. The molecular formula is C27H41N3O3. The summed E-state index contributed by atoms with van der Waals surface area (Å²) in [5.74, 6) is 0.630. The van der Waals surface area contributed by atoms with Gasteiger partial charge in [-0.15, -0.1) is 0 Å². The number of benzene rings is 1. The highest BCUT2D eigenvalue weighted by atomic mass is 16.4.